The first kappa shape index (κ1) is 15.3. The molecule has 2 atom stereocenters. The molecule has 2 unspecified atom stereocenters. The van der Waals surface area contributed by atoms with Gasteiger partial charge in [0.05, 0.1) is 6.61 Å². The molecule has 1 aliphatic heterocycles. The van der Waals surface area contributed by atoms with Crippen LogP contribution in [0.3, 0.4) is 0 Å². The molecule has 20 heavy (non-hydrogen) atoms. The van der Waals surface area contributed by atoms with Gasteiger partial charge in [-0.2, -0.15) is 0 Å². The first-order valence-corrected chi connectivity index (χ1v) is 7.18. The summed E-state index contributed by atoms with van der Waals surface area (Å²) >= 11 is 0. The lowest BCUT2D eigenvalue weighted by Gasteiger charge is -2.25. The van der Waals surface area contributed by atoms with Crippen LogP contribution in [0, 0.1) is 0 Å². The molecule has 0 amide bonds. The molecule has 5 heteroatoms. The summed E-state index contributed by atoms with van der Waals surface area (Å²) in [5.74, 6) is 0.731. The second-order valence-electron chi connectivity index (χ2n) is 5.25. The third kappa shape index (κ3) is 3.93. The predicted molar refractivity (Wildman–Crippen MR) is 77.5 cm³/mol. The highest BCUT2D eigenvalue weighted by Gasteiger charge is 2.25. The van der Waals surface area contributed by atoms with Crippen molar-refractivity contribution in [1.82, 2.24) is 4.90 Å². The van der Waals surface area contributed by atoms with Crippen LogP contribution in [0.25, 0.3) is 0 Å². The second-order valence-corrected chi connectivity index (χ2v) is 5.25. The molecular formula is C15H24N2O3. The van der Waals surface area contributed by atoms with Crippen molar-refractivity contribution in [2.45, 2.75) is 31.5 Å². The number of nitrogens with two attached hydrogens (primary N) is 1. The van der Waals surface area contributed by atoms with Gasteiger partial charge < -0.3 is 20.7 Å². The smallest absolute Gasteiger partial charge is 0.123 e. The summed E-state index contributed by atoms with van der Waals surface area (Å²) in [4.78, 5) is 2.13. The van der Waals surface area contributed by atoms with Crippen LogP contribution in [0.2, 0.25) is 0 Å². The van der Waals surface area contributed by atoms with E-state index in [1.54, 1.807) is 0 Å². The summed E-state index contributed by atoms with van der Waals surface area (Å²) in [5, 5.41) is 19.3. The molecule has 5 nitrogen and oxygen atoms in total. The van der Waals surface area contributed by atoms with E-state index in [2.05, 4.69) is 4.90 Å². The van der Waals surface area contributed by atoms with Crippen LogP contribution in [-0.2, 0) is 6.54 Å². The molecular weight excluding hydrogens is 256 g/mol. The zero-order chi connectivity index (χ0) is 14.4. The van der Waals surface area contributed by atoms with Gasteiger partial charge in [-0.05, 0) is 25.5 Å². The maximum atomic E-state index is 10.1. The summed E-state index contributed by atoms with van der Waals surface area (Å²) in [7, 11) is 0. The summed E-state index contributed by atoms with van der Waals surface area (Å²) in [6.45, 7) is 2.29. The largest absolute Gasteiger partial charge is 0.491 e. The van der Waals surface area contributed by atoms with Crippen LogP contribution < -0.4 is 10.5 Å². The zero-order valence-corrected chi connectivity index (χ0v) is 11.7. The van der Waals surface area contributed by atoms with Gasteiger partial charge >= 0.3 is 0 Å². The lowest BCUT2D eigenvalue weighted by Crippen LogP contribution is -2.40. The van der Waals surface area contributed by atoms with Crippen molar-refractivity contribution in [1.29, 1.82) is 0 Å². The quantitative estimate of drug-likeness (QED) is 0.671. The maximum absolute atomic E-state index is 10.1. The molecule has 112 valence electrons. The maximum Gasteiger partial charge on any atom is 0.123 e. The lowest BCUT2D eigenvalue weighted by molar-refractivity contribution is 0.0530. The molecule has 0 spiro atoms. The highest BCUT2D eigenvalue weighted by molar-refractivity contribution is 5.32. The van der Waals surface area contributed by atoms with Crippen LogP contribution in [0.5, 0.6) is 5.75 Å². The van der Waals surface area contributed by atoms with E-state index in [-0.39, 0.29) is 19.3 Å². The van der Waals surface area contributed by atoms with E-state index >= 15 is 0 Å². The summed E-state index contributed by atoms with van der Waals surface area (Å²) in [6, 6.07) is 7.77. The number of rotatable bonds is 7. The van der Waals surface area contributed by atoms with Crippen molar-refractivity contribution in [2.75, 3.05) is 26.3 Å². The first-order chi connectivity index (χ1) is 9.74. The molecule has 1 aromatic carbocycles. The zero-order valence-electron chi connectivity index (χ0n) is 11.7. The molecule has 0 aliphatic carbocycles. The summed E-state index contributed by atoms with van der Waals surface area (Å²) < 4.78 is 5.65. The van der Waals surface area contributed by atoms with Crippen molar-refractivity contribution >= 4 is 0 Å². The lowest BCUT2D eigenvalue weighted by atomic mass is 10.2. The Balaban J connectivity index is 1.81. The number of likely N-dealkylation sites (tertiary alicyclic amines) is 1. The Hall–Kier alpha value is -1.14. The van der Waals surface area contributed by atoms with E-state index in [0.29, 0.717) is 13.1 Å². The molecule has 1 heterocycles. The second kappa shape index (κ2) is 7.59. The highest BCUT2D eigenvalue weighted by atomic mass is 16.5. The van der Waals surface area contributed by atoms with Crippen molar-refractivity contribution in [3.05, 3.63) is 29.8 Å². The minimum absolute atomic E-state index is 0.156. The SMILES string of the molecule is NCc1ccccc1OCC(O)CN1CCCC1CO. The monoisotopic (exact) mass is 280 g/mol. The van der Waals surface area contributed by atoms with Gasteiger partial charge in [0, 0.05) is 24.7 Å². The molecule has 0 aromatic heterocycles. The minimum Gasteiger partial charge on any atom is -0.491 e. The number of para-hydroxylation sites is 1. The van der Waals surface area contributed by atoms with E-state index in [4.69, 9.17) is 10.5 Å². The van der Waals surface area contributed by atoms with Crippen LogP contribution in [0.4, 0.5) is 0 Å². The third-order valence-electron chi connectivity index (χ3n) is 3.78. The van der Waals surface area contributed by atoms with E-state index in [1.807, 2.05) is 24.3 Å². The van der Waals surface area contributed by atoms with Crippen molar-refractivity contribution in [3.63, 3.8) is 0 Å². The molecule has 4 N–H and O–H groups in total. The topological polar surface area (TPSA) is 79.0 Å². The van der Waals surface area contributed by atoms with Gasteiger partial charge in [0.25, 0.3) is 0 Å². The van der Waals surface area contributed by atoms with E-state index in [1.165, 1.54) is 0 Å². The summed E-state index contributed by atoms with van der Waals surface area (Å²) in [6.07, 6.45) is 1.52. The first-order valence-electron chi connectivity index (χ1n) is 7.18. The van der Waals surface area contributed by atoms with Crippen molar-refractivity contribution < 1.29 is 14.9 Å². The number of benzene rings is 1. The van der Waals surface area contributed by atoms with Crippen LogP contribution in [0.1, 0.15) is 18.4 Å². The molecule has 2 rings (SSSR count). The Kier molecular flexibility index (Phi) is 5.79. The summed E-state index contributed by atoms with van der Waals surface area (Å²) in [5.41, 5.74) is 6.59. The van der Waals surface area contributed by atoms with Crippen molar-refractivity contribution in [2.24, 2.45) is 5.73 Å². The standard InChI is InChI=1S/C15H24N2O3/c16-8-12-4-1-2-6-15(12)20-11-14(19)9-17-7-3-5-13(17)10-18/h1-2,4,6,13-14,18-19H,3,5,7-11,16H2. The fourth-order valence-corrected chi connectivity index (χ4v) is 2.66. The predicted octanol–water partition coefficient (Wildman–Crippen LogP) is 0.342. The van der Waals surface area contributed by atoms with Gasteiger partial charge in [-0.15, -0.1) is 0 Å². The molecule has 1 aromatic rings. The normalized spacial score (nSPS) is 21.1. The Bertz CT molecular complexity index is 414. The Labute approximate surface area is 120 Å². The van der Waals surface area contributed by atoms with Gasteiger partial charge in [0.2, 0.25) is 0 Å². The van der Waals surface area contributed by atoms with Crippen molar-refractivity contribution in [3.8, 4) is 5.75 Å². The van der Waals surface area contributed by atoms with E-state index < -0.39 is 6.10 Å². The fraction of sp³-hybridized carbons (Fsp3) is 0.600. The molecule has 1 aliphatic rings. The highest BCUT2D eigenvalue weighted by Crippen LogP contribution is 2.19. The number of aliphatic hydroxyl groups is 2. The van der Waals surface area contributed by atoms with Gasteiger partial charge in [0.15, 0.2) is 0 Å². The number of β-amino-alcohol motifs (C(OH)–C–C–N with tert-alkyl or cyclic N) is 1. The van der Waals surface area contributed by atoms with E-state index in [0.717, 1.165) is 30.7 Å². The molecule has 0 bridgehead atoms. The number of ether oxygens (including phenoxy) is 1. The Morgan fingerprint density at radius 1 is 1.40 bits per heavy atom. The number of hydrogen-bond donors (Lipinski definition) is 3. The molecule has 1 saturated heterocycles. The van der Waals surface area contributed by atoms with Gasteiger partial charge in [-0.3, -0.25) is 4.90 Å². The van der Waals surface area contributed by atoms with E-state index in [9.17, 15) is 10.2 Å². The van der Waals surface area contributed by atoms with Gasteiger partial charge in [-0.1, -0.05) is 18.2 Å². The number of aliphatic hydroxyl groups excluding tert-OH is 2. The molecule has 0 saturated carbocycles. The van der Waals surface area contributed by atoms with Crippen LogP contribution in [-0.4, -0.2) is 53.6 Å². The fourth-order valence-electron chi connectivity index (χ4n) is 2.66. The van der Waals surface area contributed by atoms with Gasteiger partial charge in [0.1, 0.15) is 18.5 Å². The average molecular weight is 280 g/mol. The minimum atomic E-state index is -0.562. The van der Waals surface area contributed by atoms with Crippen LogP contribution >= 0.6 is 0 Å². The molecule has 0 radical (unpaired) electrons. The third-order valence-corrected chi connectivity index (χ3v) is 3.78. The average Bonchev–Trinajstić information content (AvgIpc) is 2.92. The van der Waals surface area contributed by atoms with Gasteiger partial charge in [-0.25, -0.2) is 0 Å². The number of nitrogens with zero attached hydrogens (tertiary/aromatic N) is 1. The Morgan fingerprint density at radius 2 is 2.20 bits per heavy atom. The number of hydrogen-bond acceptors (Lipinski definition) is 5. The van der Waals surface area contributed by atoms with Crippen LogP contribution in [0.15, 0.2) is 24.3 Å². The Morgan fingerprint density at radius 3 is 2.95 bits per heavy atom. The molecule has 1 fully saturated rings.